The van der Waals surface area contributed by atoms with Gasteiger partial charge < -0.3 is 10.2 Å². The number of likely N-dealkylation sites (tertiary alicyclic amines) is 1. The molecule has 3 rings (SSSR count). The highest BCUT2D eigenvalue weighted by Gasteiger charge is 2.28. The lowest BCUT2D eigenvalue weighted by atomic mass is 9.94. The molecule has 1 saturated heterocycles. The van der Waals surface area contributed by atoms with Crippen LogP contribution in [0.15, 0.2) is 42.5 Å². The van der Waals surface area contributed by atoms with Gasteiger partial charge in [0.05, 0.1) is 0 Å². The summed E-state index contributed by atoms with van der Waals surface area (Å²) in [6.45, 7) is 5.07. The molecule has 0 aromatic heterocycles. The van der Waals surface area contributed by atoms with E-state index in [1.807, 2.05) is 25.1 Å². The molecule has 1 aliphatic rings. The van der Waals surface area contributed by atoms with Gasteiger partial charge in [-0.2, -0.15) is 0 Å². The zero-order chi connectivity index (χ0) is 19.4. The van der Waals surface area contributed by atoms with Crippen LogP contribution in [0, 0.1) is 18.7 Å². The molecule has 1 heterocycles. The topological polar surface area (TPSA) is 49.4 Å². The van der Waals surface area contributed by atoms with Gasteiger partial charge >= 0.3 is 0 Å². The van der Waals surface area contributed by atoms with Gasteiger partial charge in [-0.05, 0) is 55.5 Å². The van der Waals surface area contributed by atoms with Crippen molar-refractivity contribution in [2.45, 2.75) is 33.1 Å². The number of amides is 2. The first-order chi connectivity index (χ1) is 13.0. The van der Waals surface area contributed by atoms with Crippen LogP contribution in [0.2, 0.25) is 0 Å². The average molecular weight is 368 g/mol. The number of nitrogens with one attached hydrogen (secondary N) is 1. The van der Waals surface area contributed by atoms with Gasteiger partial charge in [-0.3, -0.25) is 9.59 Å². The van der Waals surface area contributed by atoms with Gasteiger partial charge in [-0.25, -0.2) is 4.39 Å². The van der Waals surface area contributed by atoms with Crippen molar-refractivity contribution in [1.82, 2.24) is 4.90 Å². The molecule has 2 aromatic rings. The summed E-state index contributed by atoms with van der Waals surface area (Å²) in [7, 11) is 0. The number of para-hydroxylation sites is 1. The van der Waals surface area contributed by atoms with Gasteiger partial charge in [0.15, 0.2) is 0 Å². The molecule has 2 aromatic carbocycles. The molecule has 1 N–H and O–H groups in total. The van der Waals surface area contributed by atoms with Crippen LogP contribution in [-0.2, 0) is 11.2 Å². The molecule has 0 atom stereocenters. The molecule has 2 amide bonds. The fourth-order valence-electron chi connectivity index (χ4n) is 3.58. The molecule has 0 spiro atoms. The first-order valence-corrected chi connectivity index (χ1v) is 9.43. The van der Waals surface area contributed by atoms with Crippen LogP contribution < -0.4 is 5.32 Å². The number of hydrogen-bond donors (Lipinski definition) is 1. The van der Waals surface area contributed by atoms with Gasteiger partial charge in [0, 0.05) is 30.3 Å². The molecule has 5 heteroatoms. The van der Waals surface area contributed by atoms with Crippen LogP contribution in [0.25, 0.3) is 0 Å². The lowest BCUT2D eigenvalue weighted by Gasteiger charge is -2.31. The second-order valence-corrected chi connectivity index (χ2v) is 7.03. The van der Waals surface area contributed by atoms with Crippen LogP contribution in [-0.4, -0.2) is 29.8 Å². The van der Waals surface area contributed by atoms with Crippen molar-refractivity contribution in [2.75, 3.05) is 18.4 Å². The Labute approximate surface area is 159 Å². The molecular weight excluding hydrogens is 343 g/mol. The minimum Gasteiger partial charge on any atom is -0.339 e. The van der Waals surface area contributed by atoms with Crippen LogP contribution in [0.3, 0.4) is 0 Å². The van der Waals surface area contributed by atoms with E-state index in [9.17, 15) is 14.0 Å². The molecule has 27 heavy (non-hydrogen) atoms. The number of hydrogen-bond acceptors (Lipinski definition) is 2. The highest BCUT2D eigenvalue weighted by atomic mass is 19.1. The zero-order valence-electron chi connectivity index (χ0n) is 15.8. The van der Waals surface area contributed by atoms with Crippen LogP contribution in [0.5, 0.6) is 0 Å². The molecule has 0 unspecified atom stereocenters. The van der Waals surface area contributed by atoms with Crippen molar-refractivity contribution in [3.8, 4) is 0 Å². The summed E-state index contributed by atoms with van der Waals surface area (Å²) < 4.78 is 13.3. The Morgan fingerprint density at radius 2 is 1.85 bits per heavy atom. The summed E-state index contributed by atoms with van der Waals surface area (Å²) >= 11 is 0. The minimum atomic E-state index is -0.417. The number of anilines is 1. The molecule has 4 nitrogen and oxygen atoms in total. The summed E-state index contributed by atoms with van der Waals surface area (Å²) in [4.78, 5) is 26.9. The Balaban J connectivity index is 1.61. The van der Waals surface area contributed by atoms with E-state index in [4.69, 9.17) is 0 Å². The molecule has 0 bridgehead atoms. The number of aryl methyl sites for hydroxylation is 2. The van der Waals surface area contributed by atoms with Crippen molar-refractivity contribution in [1.29, 1.82) is 0 Å². The number of carbonyl (C=O) groups excluding carboxylic acids is 2. The van der Waals surface area contributed by atoms with Crippen LogP contribution in [0.1, 0.15) is 41.3 Å². The smallest absolute Gasteiger partial charge is 0.253 e. The zero-order valence-corrected chi connectivity index (χ0v) is 15.8. The summed E-state index contributed by atoms with van der Waals surface area (Å²) in [5.74, 6) is -0.705. The van der Waals surface area contributed by atoms with E-state index in [0.29, 0.717) is 31.5 Å². The Morgan fingerprint density at radius 3 is 2.52 bits per heavy atom. The summed E-state index contributed by atoms with van der Waals surface area (Å²) in [6, 6.07) is 11.8. The quantitative estimate of drug-likeness (QED) is 0.880. The molecule has 1 aliphatic heterocycles. The monoisotopic (exact) mass is 368 g/mol. The highest BCUT2D eigenvalue weighted by molar-refractivity contribution is 5.96. The first kappa shape index (κ1) is 19.1. The number of carbonyl (C=O) groups is 2. The second kappa shape index (κ2) is 8.33. The van der Waals surface area contributed by atoms with E-state index in [1.165, 1.54) is 18.2 Å². The fraction of sp³-hybridized carbons (Fsp3) is 0.364. The summed E-state index contributed by atoms with van der Waals surface area (Å²) in [5, 5.41) is 3.09. The number of halogens is 1. The van der Waals surface area contributed by atoms with Crippen LogP contribution in [0.4, 0.5) is 10.1 Å². The minimum absolute atomic E-state index is 0.0110. The highest BCUT2D eigenvalue weighted by Crippen LogP contribution is 2.25. The van der Waals surface area contributed by atoms with Crippen molar-refractivity contribution in [3.63, 3.8) is 0 Å². The SMILES string of the molecule is CCc1cccc(C)c1NC(=O)C1CCN(C(=O)c2cccc(F)c2)CC1. The Kier molecular flexibility index (Phi) is 5.89. The van der Waals surface area contributed by atoms with Gasteiger partial charge in [0.25, 0.3) is 5.91 Å². The summed E-state index contributed by atoms with van der Waals surface area (Å²) in [5.41, 5.74) is 3.44. The molecule has 1 fully saturated rings. The molecule has 0 radical (unpaired) electrons. The maximum Gasteiger partial charge on any atom is 0.253 e. The molecular formula is C22H25FN2O2. The third kappa shape index (κ3) is 4.35. The molecule has 0 aliphatic carbocycles. The predicted molar refractivity (Wildman–Crippen MR) is 104 cm³/mol. The number of rotatable bonds is 4. The third-order valence-electron chi connectivity index (χ3n) is 5.21. The lowest BCUT2D eigenvalue weighted by molar-refractivity contribution is -0.121. The maximum absolute atomic E-state index is 13.3. The number of benzene rings is 2. The summed E-state index contributed by atoms with van der Waals surface area (Å²) in [6.07, 6.45) is 2.08. The second-order valence-electron chi connectivity index (χ2n) is 7.03. The van der Waals surface area contributed by atoms with E-state index in [1.54, 1.807) is 11.0 Å². The van der Waals surface area contributed by atoms with Gasteiger partial charge in [-0.1, -0.05) is 31.2 Å². The normalized spacial score (nSPS) is 14.9. The predicted octanol–water partition coefficient (Wildman–Crippen LogP) is 4.19. The number of piperidine rings is 1. The van der Waals surface area contributed by atoms with Gasteiger partial charge in [0.1, 0.15) is 5.82 Å². The van der Waals surface area contributed by atoms with Crippen LogP contribution >= 0.6 is 0 Å². The van der Waals surface area contributed by atoms with E-state index in [0.717, 1.165) is 23.2 Å². The van der Waals surface area contributed by atoms with E-state index in [-0.39, 0.29) is 17.7 Å². The third-order valence-corrected chi connectivity index (χ3v) is 5.21. The van der Waals surface area contributed by atoms with E-state index in [2.05, 4.69) is 12.2 Å². The van der Waals surface area contributed by atoms with Gasteiger partial charge in [0.2, 0.25) is 5.91 Å². The average Bonchev–Trinajstić information content (AvgIpc) is 2.69. The standard InChI is InChI=1S/C22H25FN2O2/c1-3-16-7-4-6-15(2)20(16)24-21(26)17-10-12-25(13-11-17)22(27)18-8-5-9-19(23)14-18/h4-9,14,17H,3,10-13H2,1-2H3,(H,24,26). The largest absolute Gasteiger partial charge is 0.339 e. The Morgan fingerprint density at radius 1 is 1.15 bits per heavy atom. The number of nitrogens with zero attached hydrogens (tertiary/aromatic N) is 1. The Hall–Kier alpha value is -2.69. The van der Waals surface area contributed by atoms with Crippen molar-refractivity contribution >= 4 is 17.5 Å². The van der Waals surface area contributed by atoms with E-state index < -0.39 is 5.82 Å². The lowest BCUT2D eigenvalue weighted by Crippen LogP contribution is -2.41. The molecule has 142 valence electrons. The van der Waals surface area contributed by atoms with Crippen molar-refractivity contribution < 1.29 is 14.0 Å². The first-order valence-electron chi connectivity index (χ1n) is 9.43. The van der Waals surface area contributed by atoms with E-state index >= 15 is 0 Å². The van der Waals surface area contributed by atoms with Crippen molar-refractivity contribution in [3.05, 3.63) is 65.0 Å². The molecule has 0 saturated carbocycles. The van der Waals surface area contributed by atoms with Crippen molar-refractivity contribution in [2.24, 2.45) is 5.92 Å². The Bertz CT molecular complexity index is 842. The van der Waals surface area contributed by atoms with Gasteiger partial charge in [-0.15, -0.1) is 0 Å². The fourth-order valence-corrected chi connectivity index (χ4v) is 3.58. The maximum atomic E-state index is 13.3.